The second-order valence-corrected chi connectivity index (χ2v) is 7.41. The van der Waals surface area contributed by atoms with Crippen molar-refractivity contribution in [1.29, 1.82) is 0 Å². The van der Waals surface area contributed by atoms with Crippen molar-refractivity contribution in [2.45, 2.75) is 57.1 Å². The second kappa shape index (κ2) is 5.03. The van der Waals surface area contributed by atoms with Crippen molar-refractivity contribution < 1.29 is 9.90 Å². The molecule has 2 aliphatic carbocycles. The van der Waals surface area contributed by atoms with Gasteiger partial charge in [-0.15, -0.1) is 0 Å². The van der Waals surface area contributed by atoms with Crippen molar-refractivity contribution in [3.63, 3.8) is 0 Å². The van der Waals surface area contributed by atoms with Crippen molar-refractivity contribution >= 4 is 17.1 Å². The van der Waals surface area contributed by atoms with Crippen LogP contribution in [-0.2, 0) is 0 Å². The average molecular weight is 314 g/mol. The zero-order valence-corrected chi connectivity index (χ0v) is 13.5. The summed E-state index contributed by atoms with van der Waals surface area (Å²) in [6, 6.07) is -0.237. The molecule has 2 fully saturated rings. The van der Waals surface area contributed by atoms with Crippen LogP contribution in [0.4, 0.5) is 0 Å². The van der Waals surface area contributed by atoms with E-state index in [1.807, 2.05) is 0 Å². The molecular formula is C17H22N4O2. The minimum atomic E-state index is -0.937. The molecule has 0 aromatic carbocycles. The number of H-pyrrole nitrogens is 1. The summed E-state index contributed by atoms with van der Waals surface area (Å²) in [5.41, 5.74) is 1.79. The number of rotatable bonds is 5. The van der Waals surface area contributed by atoms with Gasteiger partial charge in [0, 0.05) is 12.1 Å². The van der Waals surface area contributed by atoms with Crippen LogP contribution in [0.25, 0.3) is 11.2 Å². The molecule has 6 nitrogen and oxygen atoms in total. The molecule has 2 aromatic heterocycles. The fraction of sp³-hybridized carbons (Fsp3) is 0.588. The van der Waals surface area contributed by atoms with Crippen molar-refractivity contribution in [3.8, 4) is 0 Å². The van der Waals surface area contributed by atoms with Gasteiger partial charge in [0.25, 0.3) is 5.91 Å². The predicted molar refractivity (Wildman–Crippen MR) is 86.1 cm³/mol. The molecule has 0 saturated heterocycles. The Labute approximate surface area is 134 Å². The number of fused-ring (bicyclic) bond motifs is 1. The highest BCUT2D eigenvalue weighted by Gasteiger charge is 2.41. The predicted octanol–water partition coefficient (Wildman–Crippen LogP) is 2.11. The molecule has 2 saturated carbocycles. The molecule has 3 N–H and O–H groups in total. The molecule has 1 atom stereocenters. The SMILES string of the molecule is CC(C)(O)[C@H](NC(=O)c1c[nH]c2ncc(C3CC3)nc12)C1CC1. The van der Waals surface area contributed by atoms with E-state index in [-0.39, 0.29) is 11.9 Å². The van der Waals surface area contributed by atoms with Gasteiger partial charge in [0.2, 0.25) is 0 Å². The zero-order valence-electron chi connectivity index (χ0n) is 13.5. The number of aliphatic hydroxyl groups is 1. The Morgan fingerprint density at radius 2 is 2.13 bits per heavy atom. The van der Waals surface area contributed by atoms with E-state index in [0.717, 1.165) is 31.4 Å². The molecule has 0 spiro atoms. The number of hydrogen-bond acceptors (Lipinski definition) is 4. The Kier molecular flexibility index (Phi) is 3.20. The molecule has 0 unspecified atom stereocenters. The van der Waals surface area contributed by atoms with Crippen LogP contribution in [0.3, 0.4) is 0 Å². The van der Waals surface area contributed by atoms with Crippen molar-refractivity contribution in [2.75, 3.05) is 0 Å². The van der Waals surface area contributed by atoms with Crippen LogP contribution in [0.2, 0.25) is 0 Å². The maximum absolute atomic E-state index is 12.7. The summed E-state index contributed by atoms with van der Waals surface area (Å²) < 4.78 is 0. The van der Waals surface area contributed by atoms with Gasteiger partial charge in [-0.2, -0.15) is 0 Å². The first-order chi connectivity index (χ1) is 10.9. The van der Waals surface area contributed by atoms with Crippen LogP contribution in [-0.4, -0.2) is 37.6 Å². The summed E-state index contributed by atoms with van der Waals surface area (Å²) in [5, 5.41) is 13.3. The molecule has 4 rings (SSSR count). The fourth-order valence-electron chi connectivity index (χ4n) is 3.17. The van der Waals surface area contributed by atoms with Gasteiger partial charge in [-0.05, 0) is 45.4 Å². The van der Waals surface area contributed by atoms with Crippen LogP contribution < -0.4 is 5.32 Å². The summed E-state index contributed by atoms with van der Waals surface area (Å²) >= 11 is 0. The van der Waals surface area contributed by atoms with E-state index < -0.39 is 5.60 Å². The number of hydrogen-bond donors (Lipinski definition) is 3. The van der Waals surface area contributed by atoms with E-state index in [0.29, 0.717) is 28.6 Å². The lowest BCUT2D eigenvalue weighted by atomic mass is 9.94. The summed E-state index contributed by atoms with van der Waals surface area (Å²) in [6.07, 6.45) is 7.85. The first kappa shape index (κ1) is 14.6. The van der Waals surface area contributed by atoms with Crippen molar-refractivity contribution in [2.24, 2.45) is 5.92 Å². The minimum Gasteiger partial charge on any atom is -0.388 e. The van der Waals surface area contributed by atoms with E-state index in [1.54, 1.807) is 26.2 Å². The van der Waals surface area contributed by atoms with Crippen molar-refractivity contribution in [1.82, 2.24) is 20.3 Å². The first-order valence-electron chi connectivity index (χ1n) is 8.31. The van der Waals surface area contributed by atoms with Crippen LogP contribution >= 0.6 is 0 Å². The highest BCUT2D eigenvalue weighted by molar-refractivity contribution is 6.04. The first-order valence-corrected chi connectivity index (χ1v) is 8.31. The van der Waals surface area contributed by atoms with E-state index in [9.17, 15) is 9.90 Å². The van der Waals surface area contributed by atoms with Gasteiger partial charge < -0.3 is 15.4 Å². The molecule has 23 heavy (non-hydrogen) atoms. The number of amides is 1. The lowest BCUT2D eigenvalue weighted by Crippen LogP contribution is -2.50. The van der Waals surface area contributed by atoms with Crippen LogP contribution in [0.1, 0.15) is 61.5 Å². The molecule has 0 radical (unpaired) electrons. The van der Waals surface area contributed by atoms with Crippen molar-refractivity contribution in [3.05, 3.63) is 23.7 Å². The molecular weight excluding hydrogens is 292 g/mol. The lowest BCUT2D eigenvalue weighted by Gasteiger charge is -2.30. The topological polar surface area (TPSA) is 90.9 Å². The molecule has 1 amide bonds. The Hall–Kier alpha value is -1.95. The van der Waals surface area contributed by atoms with Gasteiger partial charge in [0.1, 0.15) is 5.52 Å². The lowest BCUT2D eigenvalue weighted by molar-refractivity contribution is 0.0276. The van der Waals surface area contributed by atoms with Crippen LogP contribution in [0, 0.1) is 5.92 Å². The summed E-state index contributed by atoms with van der Waals surface area (Å²) in [4.78, 5) is 24.7. The standard InChI is InChI=1S/C17H22N4O2/c1-17(2,23)14(10-5-6-10)21-16(22)11-7-18-15-13(11)20-12(8-19-15)9-3-4-9/h7-10,14,23H,3-6H2,1-2H3,(H,18,19)(H,21,22)/t14-/m1/s1. The summed E-state index contributed by atoms with van der Waals surface area (Å²) in [5.74, 6) is 0.656. The molecule has 6 heteroatoms. The Morgan fingerprint density at radius 1 is 1.39 bits per heavy atom. The Bertz CT molecular complexity index is 754. The maximum atomic E-state index is 12.7. The van der Waals surface area contributed by atoms with Crippen LogP contribution in [0.5, 0.6) is 0 Å². The van der Waals surface area contributed by atoms with E-state index >= 15 is 0 Å². The number of carbonyl (C=O) groups excluding carboxylic acids is 1. The summed E-state index contributed by atoms with van der Waals surface area (Å²) in [6.45, 7) is 3.49. The average Bonchev–Trinajstić information content (AvgIpc) is 3.39. The van der Waals surface area contributed by atoms with Gasteiger partial charge in [-0.1, -0.05) is 0 Å². The third kappa shape index (κ3) is 2.83. The van der Waals surface area contributed by atoms with Gasteiger partial charge in [-0.25, -0.2) is 9.97 Å². The van der Waals surface area contributed by atoms with Gasteiger partial charge in [-0.3, -0.25) is 4.79 Å². The minimum absolute atomic E-state index is 0.197. The Balaban J connectivity index is 1.62. The largest absolute Gasteiger partial charge is 0.388 e. The Morgan fingerprint density at radius 3 is 2.74 bits per heavy atom. The smallest absolute Gasteiger partial charge is 0.255 e. The number of nitrogens with one attached hydrogen (secondary N) is 2. The van der Waals surface area contributed by atoms with Crippen LogP contribution in [0.15, 0.2) is 12.4 Å². The third-order valence-corrected chi connectivity index (χ3v) is 4.78. The maximum Gasteiger partial charge on any atom is 0.255 e. The third-order valence-electron chi connectivity index (χ3n) is 4.78. The number of aromatic amines is 1. The van der Waals surface area contributed by atoms with E-state index in [4.69, 9.17) is 0 Å². The quantitative estimate of drug-likeness (QED) is 0.788. The van der Waals surface area contributed by atoms with Gasteiger partial charge in [0.05, 0.1) is 29.1 Å². The van der Waals surface area contributed by atoms with E-state index in [2.05, 4.69) is 20.3 Å². The molecule has 0 aliphatic heterocycles. The number of carbonyl (C=O) groups is 1. The normalized spacial score (nSPS) is 19.8. The van der Waals surface area contributed by atoms with Gasteiger partial charge in [0.15, 0.2) is 5.65 Å². The molecule has 2 aliphatic rings. The zero-order chi connectivity index (χ0) is 16.2. The highest BCUT2D eigenvalue weighted by atomic mass is 16.3. The highest BCUT2D eigenvalue weighted by Crippen LogP contribution is 2.39. The molecule has 122 valence electrons. The fourth-order valence-corrected chi connectivity index (χ4v) is 3.17. The monoisotopic (exact) mass is 314 g/mol. The molecule has 2 aromatic rings. The molecule has 0 bridgehead atoms. The number of aromatic nitrogens is 3. The molecule has 2 heterocycles. The van der Waals surface area contributed by atoms with Gasteiger partial charge >= 0.3 is 0 Å². The van der Waals surface area contributed by atoms with E-state index in [1.165, 1.54) is 0 Å². The number of nitrogens with zero attached hydrogens (tertiary/aromatic N) is 2. The second-order valence-electron chi connectivity index (χ2n) is 7.41. The summed E-state index contributed by atoms with van der Waals surface area (Å²) in [7, 11) is 0.